The molecule has 7 nitrogen and oxygen atoms in total. The minimum Gasteiger partial charge on any atom is -0.493 e. The molecule has 5 rings (SSSR count). The zero-order valence-electron chi connectivity index (χ0n) is 15.0. The van der Waals surface area contributed by atoms with E-state index in [1.807, 2.05) is 12.2 Å². The highest BCUT2D eigenvalue weighted by atomic mass is 16.5. The maximum atomic E-state index is 11.2. The molecule has 2 amide bonds. The van der Waals surface area contributed by atoms with Crippen molar-refractivity contribution in [2.45, 2.75) is 25.0 Å². The van der Waals surface area contributed by atoms with Gasteiger partial charge in [0.2, 0.25) is 0 Å². The van der Waals surface area contributed by atoms with Gasteiger partial charge in [-0.05, 0) is 44.5 Å². The number of ether oxygens (including phenoxy) is 2. The van der Waals surface area contributed by atoms with Crippen molar-refractivity contribution in [1.29, 1.82) is 0 Å². The van der Waals surface area contributed by atoms with Gasteiger partial charge >= 0.3 is 6.03 Å². The minimum atomic E-state index is -0.665. The second-order valence-electron chi connectivity index (χ2n) is 7.97. The van der Waals surface area contributed by atoms with Crippen LogP contribution in [-0.4, -0.2) is 49.5 Å². The minimum absolute atomic E-state index is 0.0448. The lowest BCUT2D eigenvalue weighted by molar-refractivity contribution is -0.0758. The molecule has 1 spiro atoms. The summed E-state index contributed by atoms with van der Waals surface area (Å²) in [6.07, 6.45) is 10.6. The molecule has 2 unspecified atom stereocenters. The van der Waals surface area contributed by atoms with E-state index in [-0.39, 0.29) is 11.5 Å². The number of amides is 2. The molecular formula is C19H24N4O3. The number of likely N-dealkylation sites (tertiary alicyclic amines) is 1. The second-order valence-corrected chi connectivity index (χ2v) is 7.97. The summed E-state index contributed by atoms with van der Waals surface area (Å²) in [6, 6.07) is -0.173. The fraction of sp³-hybridized carbons (Fsp3) is 0.579. The van der Waals surface area contributed by atoms with Gasteiger partial charge in [0, 0.05) is 23.3 Å². The third-order valence-electron chi connectivity index (χ3n) is 7.03. The van der Waals surface area contributed by atoms with Gasteiger partial charge in [-0.15, -0.1) is 0 Å². The summed E-state index contributed by atoms with van der Waals surface area (Å²) in [4.78, 5) is 13.6. The molecule has 3 aliphatic carbocycles. The number of hydrogen-bond donors (Lipinski definition) is 2. The molecule has 2 bridgehead atoms. The van der Waals surface area contributed by atoms with Crippen molar-refractivity contribution in [3.8, 4) is 0 Å². The summed E-state index contributed by atoms with van der Waals surface area (Å²) in [6.45, 7) is 1.04. The smallest absolute Gasteiger partial charge is 0.332 e. The van der Waals surface area contributed by atoms with Crippen LogP contribution in [0.15, 0.2) is 40.9 Å². The van der Waals surface area contributed by atoms with E-state index >= 15 is 0 Å². The third kappa shape index (κ3) is 1.86. The van der Waals surface area contributed by atoms with Crippen LogP contribution >= 0.6 is 0 Å². The van der Waals surface area contributed by atoms with E-state index in [4.69, 9.17) is 15.2 Å². The van der Waals surface area contributed by atoms with Crippen molar-refractivity contribution >= 4 is 11.7 Å². The lowest BCUT2D eigenvalue weighted by Crippen LogP contribution is -2.64. The van der Waals surface area contributed by atoms with E-state index in [1.165, 1.54) is 0 Å². The van der Waals surface area contributed by atoms with Gasteiger partial charge in [-0.25, -0.2) is 10.2 Å². The lowest BCUT2D eigenvalue weighted by atomic mass is 9.48. The molecule has 2 heterocycles. The van der Waals surface area contributed by atoms with E-state index in [2.05, 4.69) is 34.6 Å². The van der Waals surface area contributed by atoms with Crippen LogP contribution in [0.1, 0.15) is 12.8 Å². The number of nitrogens with two attached hydrogens (primary N) is 1. The molecule has 5 aliphatic rings. The van der Waals surface area contributed by atoms with Crippen LogP contribution in [-0.2, 0) is 9.47 Å². The van der Waals surface area contributed by atoms with Crippen molar-refractivity contribution in [3.63, 3.8) is 0 Å². The van der Waals surface area contributed by atoms with Gasteiger partial charge in [0.25, 0.3) is 0 Å². The number of primary amides is 1. The SMILES string of the molecule is COC1=C2O[C@H]3C(=NNC(N)=O)C=C[C@H]4[C@H]5CC(C=C1)C2[C@@]34CCN5C. The number of nitrogens with one attached hydrogen (secondary N) is 1. The molecular weight excluding hydrogens is 332 g/mol. The average Bonchev–Trinajstić information content (AvgIpc) is 2.98. The first-order valence-corrected chi connectivity index (χ1v) is 9.20. The Hall–Kier alpha value is -2.28. The Labute approximate surface area is 152 Å². The molecule has 3 fully saturated rings. The van der Waals surface area contributed by atoms with Crippen LogP contribution in [0.4, 0.5) is 4.79 Å². The Morgan fingerprint density at radius 1 is 1.46 bits per heavy atom. The molecule has 2 saturated heterocycles. The number of piperidine rings is 1. The first kappa shape index (κ1) is 15.9. The third-order valence-corrected chi connectivity index (χ3v) is 7.03. The number of allylic oxidation sites excluding steroid dienone is 3. The normalized spacial score (nSPS) is 43.9. The van der Waals surface area contributed by atoms with Crippen molar-refractivity contribution < 1.29 is 14.3 Å². The quantitative estimate of drug-likeness (QED) is 0.731. The summed E-state index contributed by atoms with van der Waals surface area (Å²) < 4.78 is 12.1. The van der Waals surface area contributed by atoms with E-state index in [0.717, 1.165) is 36.6 Å². The summed E-state index contributed by atoms with van der Waals surface area (Å²) in [5, 5.41) is 4.26. The summed E-state index contributed by atoms with van der Waals surface area (Å²) in [7, 11) is 3.91. The summed E-state index contributed by atoms with van der Waals surface area (Å²) in [5.41, 5.74) is 8.29. The molecule has 6 atom stereocenters. The van der Waals surface area contributed by atoms with Crippen molar-refractivity contribution in [1.82, 2.24) is 10.3 Å². The average molecular weight is 356 g/mol. The maximum Gasteiger partial charge on any atom is 0.332 e. The molecule has 26 heavy (non-hydrogen) atoms. The van der Waals surface area contributed by atoms with Crippen LogP contribution in [0, 0.1) is 23.2 Å². The van der Waals surface area contributed by atoms with Crippen molar-refractivity contribution in [2.75, 3.05) is 20.7 Å². The first-order valence-electron chi connectivity index (χ1n) is 9.20. The topological polar surface area (TPSA) is 89.2 Å². The largest absolute Gasteiger partial charge is 0.493 e. The molecule has 0 radical (unpaired) electrons. The van der Waals surface area contributed by atoms with Crippen LogP contribution in [0.2, 0.25) is 0 Å². The number of rotatable bonds is 2. The number of urea groups is 1. The Morgan fingerprint density at radius 3 is 3.08 bits per heavy atom. The zero-order valence-corrected chi connectivity index (χ0v) is 15.0. The van der Waals surface area contributed by atoms with Crippen molar-refractivity contribution in [2.24, 2.45) is 34.0 Å². The number of hydrogen-bond acceptors (Lipinski definition) is 5. The highest BCUT2D eigenvalue weighted by molar-refractivity contribution is 6.01. The molecule has 0 aromatic carbocycles. The van der Waals surface area contributed by atoms with Gasteiger partial charge in [0.05, 0.1) is 7.11 Å². The number of hydrazone groups is 1. The van der Waals surface area contributed by atoms with Crippen LogP contribution in [0.3, 0.4) is 0 Å². The van der Waals surface area contributed by atoms with Gasteiger partial charge in [-0.1, -0.05) is 12.2 Å². The van der Waals surface area contributed by atoms with Gasteiger partial charge in [-0.2, -0.15) is 5.10 Å². The van der Waals surface area contributed by atoms with E-state index < -0.39 is 6.03 Å². The second kappa shape index (κ2) is 5.36. The monoisotopic (exact) mass is 356 g/mol. The highest BCUT2D eigenvalue weighted by Gasteiger charge is 2.69. The van der Waals surface area contributed by atoms with Gasteiger partial charge in [0.15, 0.2) is 5.76 Å². The first-order chi connectivity index (χ1) is 12.6. The standard InChI is InChI=1S/C19H24N4O3/c1-23-8-7-19-11-4-5-12(21-22-18(20)24)17(19)26-16-14(25-2)6-3-10(15(16)19)9-13(11)23/h3-6,10-11,13,15,17H,7-9H2,1-2H3,(H3,20,22,24)/t10?,11-,13+,15?,17-,19-/m0/s1. The fourth-order valence-corrected chi connectivity index (χ4v) is 6.07. The fourth-order valence-electron chi connectivity index (χ4n) is 6.07. The van der Waals surface area contributed by atoms with Crippen molar-refractivity contribution in [3.05, 3.63) is 35.8 Å². The Bertz CT molecular complexity index is 786. The predicted octanol–water partition coefficient (Wildman–Crippen LogP) is 1.35. The lowest BCUT2D eigenvalue weighted by Gasteiger charge is -2.59. The van der Waals surface area contributed by atoms with Gasteiger partial charge in [0.1, 0.15) is 17.6 Å². The summed E-state index contributed by atoms with van der Waals surface area (Å²) >= 11 is 0. The number of carbonyl (C=O) groups is 1. The Balaban J connectivity index is 1.68. The Morgan fingerprint density at radius 2 is 2.31 bits per heavy atom. The zero-order chi connectivity index (χ0) is 18.1. The van der Waals surface area contributed by atoms with E-state index in [9.17, 15) is 4.79 Å². The molecule has 2 aliphatic heterocycles. The highest BCUT2D eigenvalue weighted by Crippen LogP contribution is 2.66. The molecule has 3 N–H and O–H groups in total. The maximum absolute atomic E-state index is 11.2. The predicted molar refractivity (Wildman–Crippen MR) is 95.9 cm³/mol. The van der Waals surface area contributed by atoms with Crippen LogP contribution < -0.4 is 11.2 Å². The number of methoxy groups -OCH3 is 1. The van der Waals surface area contributed by atoms with E-state index in [0.29, 0.717) is 23.8 Å². The molecule has 0 aromatic rings. The number of carbonyl (C=O) groups excluding carboxylic acids is 1. The summed E-state index contributed by atoms with van der Waals surface area (Å²) in [5.74, 6) is 2.91. The molecule has 7 heteroatoms. The molecule has 138 valence electrons. The van der Waals surface area contributed by atoms with Gasteiger partial charge < -0.3 is 20.1 Å². The number of nitrogens with zero attached hydrogens (tertiary/aromatic N) is 2. The van der Waals surface area contributed by atoms with Crippen LogP contribution in [0.5, 0.6) is 0 Å². The van der Waals surface area contributed by atoms with E-state index in [1.54, 1.807) is 7.11 Å². The van der Waals surface area contributed by atoms with Crippen LogP contribution in [0.25, 0.3) is 0 Å². The Kier molecular flexibility index (Phi) is 3.28. The van der Waals surface area contributed by atoms with Gasteiger partial charge in [-0.3, -0.25) is 0 Å². The molecule has 1 saturated carbocycles. The molecule has 0 aromatic heterocycles.